The Balaban J connectivity index is 3.38. The normalized spacial score (nSPS) is 14.3. The lowest BCUT2D eigenvalue weighted by Gasteiger charge is -2.24. The molecule has 0 radical (unpaired) electrons. The molecule has 1 aromatic carbocycles. The van der Waals surface area contributed by atoms with Crippen LogP contribution in [0.25, 0.3) is 0 Å². The van der Waals surface area contributed by atoms with Crippen molar-refractivity contribution in [2.45, 2.75) is 26.8 Å². The van der Waals surface area contributed by atoms with Crippen molar-refractivity contribution >= 4 is 51.6 Å². The topological polar surface area (TPSA) is 52.6 Å². The average Bonchev–Trinajstić information content (AvgIpc) is 2.35. The Hall–Kier alpha value is -0.540. The summed E-state index contributed by atoms with van der Waals surface area (Å²) in [6.07, 6.45) is -10.5. The Morgan fingerprint density at radius 3 is 1.65 bits per heavy atom. The highest BCUT2D eigenvalue weighted by Gasteiger charge is 2.59. The first-order chi connectivity index (χ1) is 11.3. The Labute approximate surface area is 161 Å². The molecule has 0 amide bonds. The summed E-state index contributed by atoms with van der Waals surface area (Å²) in [5.41, 5.74) is 0. The van der Waals surface area contributed by atoms with Crippen LogP contribution in [-0.4, -0.2) is 30.3 Å². The molecule has 1 rings (SSSR count). The van der Waals surface area contributed by atoms with Crippen LogP contribution in [0.1, 0.15) is 0 Å². The van der Waals surface area contributed by atoms with Crippen LogP contribution >= 0.6 is 42.5 Å². The Kier molecular flexibility index (Phi) is 6.44. The average molecular weight is 566 g/mol. The van der Waals surface area contributed by atoms with E-state index in [9.17, 15) is 43.5 Å². The van der Waals surface area contributed by atoms with Crippen molar-refractivity contribution in [1.29, 1.82) is 0 Å². The van der Waals surface area contributed by atoms with Gasteiger partial charge in [-0.05, 0) is 12.1 Å². The highest BCUT2D eigenvalue weighted by molar-refractivity contribution is 9.10. The minimum absolute atomic E-state index is 0.00672. The van der Waals surface area contributed by atoms with Crippen molar-refractivity contribution < 1.29 is 53.0 Å². The van der Waals surface area contributed by atoms with E-state index in [1.165, 1.54) is 31.9 Å². The van der Waals surface area contributed by atoms with E-state index in [-0.39, 0.29) is 18.2 Å². The van der Waals surface area contributed by atoms with Crippen LogP contribution in [0.4, 0.5) is 35.1 Å². The maximum absolute atomic E-state index is 13.2. The fraction of sp³-hybridized carbons (Fsp3) is 0.400. The third kappa shape index (κ3) is 5.48. The minimum Gasteiger partial charge on any atom is -0.427 e. The first-order valence-electron chi connectivity index (χ1n) is 5.64. The highest BCUT2D eigenvalue weighted by Crippen LogP contribution is 2.45. The minimum atomic E-state index is -5.29. The summed E-state index contributed by atoms with van der Waals surface area (Å²) in [6, 6.07) is 0.475. The zero-order valence-corrected chi connectivity index (χ0v) is 16.2. The number of alkyl halides is 10. The van der Waals surface area contributed by atoms with Crippen LogP contribution in [0.15, 0.2) is 23.1 Å². The quantitative estimate of drug-likeness (QED) is 0.248. The van der Waals surface area contributed by atoms with Crippen molar-refractivity contribution in [3.8, 4) is 11.5 Å². The van der Waals surface area contributed by atoms with E-state index in [4.69, 9.17) is 10.7 Å². The molecule has 1 aromatic rings. The van der Waals surface area contributed by atoms with Crippen LogP contribution in [0.5, 0.6) is 11.5 Å². The number of ether oxygens (including phenoxy) is 2. The largest absolute Gasteiger partial charge is 0.475 e. The van der Waals surface area contributed by atoms with Crippen LogP contribution in [0.2, 0.25) is 0 Å². The van der Waals surface area contributed by atoms with E-state index in [1.54, 1.807) is 0 Å². The number of halogens is 11. The number of rotatable bonds is 7. The van der Waals surface area contributed by atoms with Gasteiger partial charge in [-0.3, -0.25) is 0 Å². The molecule has 0 bridgehead atoms. The summed E-state index contributed by atoms with van der Waals surface area (Å²) < 4.78 is 133. The summed E-state index contributed by atoms with van der Waals surface area (Å²) in [7, 11) is -0.148. The second kappa shape index (κ2) is 7.13. The lowest BCUT2D eigenvalue weighted by atomic mass is 10.3. The first kappa shape index (κ1) is 23.5. The second-order valence-electron chi connectivity index (χ2n) is 4.28. The summed E-state index contributed by atoms with van der Waals surface area (Å²) >= 11 is 2.63. The number of benzene rings is 1. The van der Waals surface area contributed by atoms with Gasteiger partial charge in [-0.2, -0.15) is 35.1 Å². The fourth-order valence-corrected chi connectivity index (χ4v) is 2.36. The Bertz CT molecular complexity index is 778. The van der Waals surface area contributed by atoms with E-state index in [0.29, 0.717) is 0 Å². The van der Waals surface area contributed by atoms with Gasteiger partial charge in [0.15, 0.2) is 0 Å². The molecule has 150 valence electrons. The molecular formula is C10H3Br2ClF8O4S. The number of hydrogen-bond acceptors (Lipinski definition) is 4. The van der Waals surface area contributed by atoms with Gasteiger partial charge in [-0.1, -0.05) is 0 Å². The van der Waals surface area contributed by atoms with Crippen LogP contribution in [0, 0.1) is 0 Å². The molecule has 0 spiro atoms. The van der Waals surface area contributed by atoms with E-state index >= 15 is 0 Å². The van der Waals surface area contributed by atoms with Gasteiger partial charge in [0.2, 0.25) is 0 Å². The summed E-state index contributed by atoms with van der Waals surface area (Å²) in [4.78, 5) is -11.4. The van der Waals surface area contributed by atoms with Gasteiger partial charge in [0.1, 0.15) is 16.4 Å². The van der Waals surface area contributed by atoms with Crippen molar-refractivity contribution in [2.75, 3.05) is 0 Å². The van der Waals surface area contributed by atoms with Crippen LogP contribution < -0.4 is 9.47 Å². The molecular weight excluding hydrogens is 563 g/mol. The van der Waals surface area contributed by atoms with Gasteiger partial charge < -0.3 is 9.47 Å². The molecule has 0 atom stereocenters. The van der Waals surface area contributed by atoms with Crippen molar-refractivity contribution in [3.05, 3.63) is 18.2 Å². The van der Waals surface area contributed by atoms with Gasteiger partial charge in [-0.25, -0.2) is 8.42 Å². The lowest BCUT2D eigenvalue weighted by molar-refractivity contribution is -0.268. The molecule has 0 aliphatic carbocycles. The van der Waals surface area contributed by atoms with Gasteiger partial charge in [0.25, 0.3) is 9.05 Å². The smallest absolute Gasteiger partial charge is 0.427 e. The molecule has 26 heavy (non-hydrogen) atoms. The van der Waals surface area contributed by atoms with E-state index < -0.39 is 47.3 Å². The maximum Gasteiger partial charge on any atom is 0.475 e. The van der Waals surface area contributed by atoms with Crippen molar-refractivity contribution in [2.24, 2.45) is 0 Å². The van der Waals surface area contributed by atoms with Crippen LogP contribution in [0.3, 0.4) is 0 Å². The lowest BCUT2D eigenvalue weighted by Crippen LogP contribution is -2.41. The third-order valence-corrected chi connectivity index (χ3v) is 4.59. The van der Waals surface area contributed by atoms with E-state index in [2.05, 4.69) is 9.47 Å². The van der Waals surface area contributed by atoms with Gasteiger partial charge in [0, 0.05) is 48.6 Å². The van der Waals surface area contributed by atoms with Crippen molar-refractivity contribution in [1.82, 2.24) is 0 Å². The molecule has 0 saturated carbocycles. The standard InChI is InChI=1S/C10H3Br2ClF8O4S/c11-7(14,15)9(18,19)24-4-1-2-5(6(3-4)26(13,22)23)25-10(20,21)8(12,16)17/h1-3H. The summed E-state index contributed by atoms with van der Waals surface area (Å²) in [6.45, 7) is 0. The molecule has 0 aliphatic rings. The molecule has 0 aromatic heterocycles. The zero-order chi connectivity index (χ0) is 20.8. The number of hydrogen-bond donors (Lipinski definition) is 0. The van der Waals surface area contributed by atoms with Gasteiger partial charge in [0.05, 0.1) is 0 Å². The fourth-order valence-electron chi connectivity index (χ4n) is 1.23. The predicted octanol–water partition coefficient (Wildman–Crippen LogP) is 5.53. The molecule has 4 nitrogen and oxygen atoms in total. The summed E-state index contributed by atoms with van der Waals surface area (Å²) in [5, 5.41) is 0. The molecule has 0 aliphatic heterocycles. The Morgan fingerprint density at radius 1 is 0.846 bits per heavy atom. The SMILES string of the molecule is O=S(=O)(Cl)c1cc(OC(F)(F)C(F)(F)Br)ccc1OC(F)(F)C(F)(F)Br. The molecule has 0 N–H and O–H groups in total. The Morgan fingerprint density at radius 2 is 1.27 bits per heavy atom. The molecule has 0 saturated heterocycles. The summed E-state index contributed by atoms with van der Waals surface area (Å²) in [5.74, 6) is -2.75. The predicted molar refractivity (Wildman–Crippen MR) is 78.4 cm³/mol. The van der Waals surface area contributed by atoms with Crippen LogP contribution in [-0.2, 0) is 9.05 Å². The van der Waals surface area contributed by atoms with Gasteiger partial charge >= 0.3 is 21.9 Å². The third-order valence-electron chi connectivity index (χ3n) is 2.32. The van der Waals surface area contributed by atoms with E-state index in [1.807, 2.05) is 0 Å². The van der Waals surface area contributed by atoms with Gasteiger partial charge in [-0.15, -0.1) is 0 Å². The molecule has 0 heterocycles. The monoisotopic (exact) mass is 564 g/mol. The van der Waals surface area contributed by atoms with Crippen molar-refractivity contribution in [3.63, 3.8) is 0 Å². The molecule has 0 unspecified atom stereocenters. The molecule has 0 fully saturated rings. The van der Waals surface area contributed by atoms with E-state index in [0.717, 1.165) is 0 Å². The first-order valence-corrected chi connectivity index (χ1v) is 9.53. The molecule has 16 heteroatoms. The second-order valence-corrected chi connectivity index (χ2v) is 8.81. The maximum atomic E-state index is 13.2. The zero-order valence-electron chi connectivity index (χ0n) is 11.4. The highest BCUT2D eigenvalue weighted by atomic mass is 79.9.